The number of nitrogens with zero attached hydrogens (tertiary/aromatic N) is 1. The van der Waals surface area contributed by atoms with Crippen molar-refractivity contribution in [3.8, 4) is 0 Å². The summed E-state index contributed by atoms with van der Waals surface area (Å²) >= 11 is 0. The van der Waals surface area contributed by atoms with Gasteiger partial charge in [-0.3, -0.25) is 9.59 Å². The first-order valence-corrected chi connectivity index (χ1v) is 9.88. The van der Waals surface area contributed by atoms with Crippen LogP contribution in [0.1, 0.15) is 34.3 Å². The molecular weight excluding hydrogens is 360 g/mol. The highest BCUT2D eigenvalue weighted by molar-refractivity contribution is 5.94. The summed E-state index contributed by atoms with van der Waals surface area (Å²) in [7, 11) is 0. The molecule has 0 saturated carbocycles. The maximum Gasteiger partial charge on any atom is 0.251 e. The molecule has 0 aliphatic heterocycles. The van der Waals surface area contributed by atoms with Gasteiger partial charge in [0, 0.05) is 24.2 Å². The second-order valence-corrected chi connectivity index (χ2v) is 7.03. The zero-order valence-electron chi connectivity index (χ0n) is 16.7. The van der Waals surface area contributed by atoms with E-state index in [0.29, 0.717) is 31.5 Å². The van der Waals surface area contributed by atoms with Crippen LogP contribution in [-0.4, -0.2) is 18.4 Å². The van der Waals surface area contributed by atoms with Crippen molar-refractivity contribution in [3.05, 3.63) is 102 Å². The highest BCUT2D eigenvalue weighted by Gasteiger charge is 2.16. The minimum Gasteiger partial charge on any atom is -0.352 e. The van der Waals surface area contributed by atoms with Crippen molar-refractivity contribution in [2.45, 2.75) is 26.3 Å². The average Bonchev–Trinajstić information content (AvgIpc) is 2.77. The molecule has 4 nitrogen and oxygen atoms in total. The third-order valence-corrected chi connectivity index (χ3v) is 4.72. The van der Waals surface area contributed by atoms with Gasteiger partial charge in [-0.1, -0.05) is 66.2 Å². The minimum atomic E-state index is -0.113. The number of hydrogen-bond donors (Lipinski definition) is 1. The Morgan fingerprint density at radius 2 is 1.45 bits per heavy atom. The zero-order valence-corrected chi connectivity index (χ0v) is 16.7. The molecule has 0 radical (unpaired) electrons. The predicted octanol–water partition coefficient (Wildman–Crippen LogP) is 4.74. The van der Waals surface area contributed by atoms with Gasteiger partial charge in [0.15, 0.2) is 0 Å². The number of benzene rings is 3. The number of aryl methyl sites for hydroxylation is 1. The Balaban J connectivity index is 1.59. The van der Waals surface area contributed by atoms with Gasteiger partial charge in [-0.15, -0.1) is 0 Å². The number of nitrogens with one attached hydrogen (secondary N) is 1. The molecule has 4 heteroatoms. The predicted molar refractivity (Wildman–Crippen MR) is 117 cm³/mol. The van der Waals surface area contributed by atoms with Gasteiger partial charge >= 0.3 is 0 Å². The largest absolute Gasteiger partial charge is 0.352 e. The quantitative estimate of drug-likeness (QED) is 0.569. The normalized spacial score (nSPS) is 10.4. The molecular formula is C25H26N2O2. The van der Waals surface area contributed by atoms with Crippen LogP contribution >= 0.6 is 0 Å². The number of carbonyl (C=O) groups excluding carboxylic acids is 2. The first kappa shape index (κ1) is 20.3. The van der Waals surface area contributed by atoms with Crippen LogP contribution in [0.2, 0.25) is 0 Å². The van der Waals surface area contributed by atoms with Gasteiger partial charge in [0.2, 0.25) is 5.91 Å². The fourth-order valence-electron chi connectivity index (χ4n) is 3.08. The lowest BCUT2D eigenvalue weighted by Crippen LogP contribution is -2.31. The molecule has 1 N–H and O–H groups in total. The topological polar surface area (TPSA) is 49.4 Å². The molecule has 2 amide bonds. The molecule has 148 valence electrons. The molecule has 0 heterocycles. The number of anilines is 1. The van der Waals surface area contributed by atoms with Gasteiger partial charge in [-0.25, -0.2) is 0 Å². The molecule has 0 saturated heterocycles. The van der Waals surface area contributed by atoms with E-state index in [1.165, 1.54) is 0 Å². The van der Waals surface area contributed by atoms with Crippen molar-refractivity contribution in [2.75, 3.05) is 11.4 Å². The van der Waals surface area contributed by atoms with E-state index in [2.05, 4.69) is 5.32 Å². The molecule has 0 fully saturated rings. The standard InChI is InChI=1S/C25H26N2O2/c1-20-14-16-23(17-15-20)27(19-21-9-4-2-5-10-21)24(28)13-8-18-26-25(29)22-11-6-3-7-12-22/h2-7,9-12,14-17H,8,13,18-19H2,1H3,(H,26,29). The molecule has 0 aliphatic rings. The van der Waals surface area contributed by atoms with E-state index in [1.807, 2.05) is 84.6 Å². The average molecular weight is 386 g/mol. The molecule has 0 aromatic heterocycles. The van der Waals surface area contributed by atoms with Gasteiger partial charge in [0.1, 0.15) is 0 Å². The summed E-state index contributed by atoms with van der Waals surface area (Å²) in [5.41, 5.74) is 3.75. The lowest BCUT2D eigenvalue weighted by atomic mass is 10.1. The van der Waals surface area contributed by atoms with Crippen LogP contribution in [0.15, 0.2) is 84.9 Å². The highest BCUT2D eigenvalue weighted by Crippen LogP contribution is 2.19. The fraction of sp³-hybridized carbons (Fsp3) is 0.200. The molecule has 0 aliphatic carbocycles. The van der Waals surface area contributed by atoms with Crippen molar-refractivity contribution in [2.24, 2.45) is 0 Å². The Morgan fingerprint density at radius 3 is 2.10 bits per heavy atom. The third kappa shape index (κ3) is 6.04. The first-order valence-electron chi connectivity index (χ1n) is 9.88. The van der Waals surface area contributed by atoms with Crippen LogP contribution in [0.25, 0.3) is 0 Å². The van der Waals surface area contributed by atoms with E-state index >= 15 is 0 Å². The van der Waals surface area contributed by atoms with Gasteiger partial charge in [-0.2, -0.15) is 0 Å². The minimum absolute atomic E-state index is 0.0478. The fourth-order valence-corrected chi connectivity index (χ4v) is 3.08. The van der Waals surface area contributed by atoms with Crippen LogP contribution < -0.4 is 10.2 Å². The Hall–Kier alpha value is -3.40. The maximum absolute atomic E-state index is 13.0. The number of rotatable bonds is 8. The second-order valence-electron chi connectivity index (χ2n) is 7.03. The summed E-state index contributed by atoms with van der Waals surface area (Å²) in [5.74, 6) is -0.0654. The summed E-state index contributed by atoms with van der Waals surface area (Å²) in [6.45, 7) is 3.02. The molecule has 0 bridgehead atoms. The van der Waals surface area contributed by atoms with Crippen LogP contribution in [0.4, 0.5) is 5.69 Å². The van der Waals surface area contributed by atoms with Crippen molar-refractivity contribution >= 4 is 17.5 Å². The van der Waals surface area contributed by atoms with Gasteiger partial charge in [0.05, 0.1) is 6.54 Å². The second kappa shape index (κ2) is 10.2. The van der Waals surface area contributed by atoms with Crippen LogP contribution in [0.3, 0.4) is 0 Å². The molecule has 0 unspecified atom stereocenters. The molecule has 3 aromatic rings. The van der Waals surface area contributed by atoms with Gasteiger partial charge in [-0.05, 0) is 43.2 Å². The monoisotopic (exact) mass is 386 g/mol. The van der Waals surface area contributed by atoms with E-state index in [9.17, 15) is 9.59 Å². The Bertz CT molecular complexity index is 922. The number of hydrogen-bond acceptors (Lipinski definition) is 2. The van der Waals surface area contributed by atoms with Gasteiger partial charge < -0.3 is 10.2 Å². The van der Waals surface area contributed by atoms with E-state index in [-0.39, 0.29) is 11.8 Å². The van der Waals surface area contributed by atoms with Crippen LogP contribution in [0, 0.1) is 6.92 Å². The van der Waals surface area contributed by atoms with E-state index in [4.69, 9.17) is 0 Å². The smallest absolute Gasteiger partial charge is 0.251 e. The summed E-state index contributed by atoms with van der Waals surface area (Å²) in [4.78, 5) is 26.9. The van der Waals surface area contributed by atoms with Crippen molar-refractivity contribution in [1.29, 1.82) is 0 Å². The van der Waals surface area contributed by atoms with Crippen LogP contribution in [-0.2, 0) is 11.3 Å². The maximum atomic E-state index is 13.0. The summed E-state index contributed by atoms with van der Waals surface area (Å²) in [6.07, 6.45) is 0.963. The first-order chi connectivity index (χ1) is 14.1. The van der Waals surface area contributed by atoms with Crippen LogP contribution in [0.5, 0.6) is 0 Å². The number of carbonyl (C=O) groups is 2. The Morgan fingerprint density at radius 1 is 0.828 bits per heavy atom. The summed E-state index contributed by atoms with van der Waals surface area (Å²) in [6, 6.07) is 27.1. The van der Waals surface area contributed by atoms with Crippen molar-refractivity contribution < 1.29 is 9.59 Å². The van der Waals surface area contributed by atoms with E-state index < -0.39 is 0 Å². The van der Waals surface area contributed by atoms with E-state index in [1.54, 1.807) is 12.1 Å². The zero-order chi connectivity index (χ0) is 20.5. The molecule has 3 rings (SSSR count). The SMILES string of the molecule is Cc1ccc(N(Cc2ccccc2)C(=O)CCCNC(=O)c2ccccc2)cc1. The Kier molecular flexibility index (Phi) is 7.17. The lowest BCUT2D eigenvalue weighted by molar-refractivity contribution is -0.118. The van der Waals surface area contributed by atoms with Crippen molar-refractivity contribution in [3.63, 3.8) is 0 Å². The molecule has 29 heavy (non-hydrogen) atoms. The Labute approximate surface area is 172 Å². The third-order valence-electron chi connectivity index (χ3n) is 4.72. The van der Waals surface area contributed by atoms with Gasteiger partial charge in [0.25, 0.3) is 5.91 Å². The molecule has 0 spiro atoms. The molecule has 0 atom stereocenters. The van der Waals surface area contributed by atoms with Crippen molar-refractivity contribution in [1.82, 2.24) is 5.32 Å². The lowest BCUT2D eigenvalue weighted by Gasteiger charge is -2.23. The summed E-state index contributed by atoms with van der Waals surface area (Å²) in [5, 5.41) is 2.88. The highest BCUT2D eigenvalue weighted by atomic mass is 16.2. The summed E-state index contributed by atoms with van der Waals surface area (Å²) < 4.78 is 0. The van der Waals surface area contributed by atoms with E-state index in [0.717, 1.165) is 16.8 Å². The number of amides is 2. The molecule has 3 aromatic carbocycles.